The third kappa shape index (κ3) is 14.5. The number of unbranched alkanes of at least 4 members (excludes halogenated alkanes) is 14. The minimum absolute atomic E-state index is 0.00891. The van der Waals surface area contributed by atoms with Gasteiger partial charge in [-0.1, -0.05) is 125 Å². The van der Waals surface area contributed by atoms with E-state index in [0.29, 0.717) is 18.4 Å². The van der Waals surface area contributed by atoms with Crippen molar-refractivity contribution in [1.29, 1.82) is 0 Å². The first kappa shape index (κ1) is 38.9. The molecule has 0 aromatic heterocycles. The van der Waals surface area contributed by atoms with E-state index < -0.39 is 7.75 Å². The Morgan fingerprint density at radius 3 is 1.26 bits per heavy atom. The smallest absolute Gasteiger partial charge is 0.279 e. The molecular weight excluding hydrogens is 501 g/mol. The van der Waals surface area contributed by atoms with Gasteiger partial charge in [0.05, 0.1) is 18.6 Å². The Morgan fingerprint density at radius 1 is 0.564 bits per heavy atom. The molecule has 234 valence electrons. The molecular formula is C34H71NO3P+. The van der Waals surface area contributed by atoms with Crippen molar-refractivity contribution in [3.05, 3.63) is 12.2 Å². The SMILES string of the molecule is CCCCCCCC/C=C\CCCCCCCCCC[N+](C(CC)C(C)CC)(C(CC)C(C)CC)P(=O)(O)O. The third-order valence-corrected chi connectivity index (χ3v) is 11.4. The van der Waals surface area contributed by atoms with Crippen LogP contribution in [0.3, 0.4) is 0 Å². The highest BCUT2D eigenvalue weighted by Gasteiger charge is 2.57. The van der Waals surface area contributed by atoms with E-state index in [9.17, 15) is 14.4 Å². The largest absolute Gasteiger partial charge is 0.526 e. The van der Waals surface area contributed by atoms with Crippen LogP contribution in [-0.4, -0.2) is 32.7 Å². The van der Waals surface area contributed by atoms with E-state index in [1.54, 1.807) is 0 Å². The van der Waals surface area contributed by atoms with Gasteiger partial charge in [-0.3, -0.25) is 9.79 Å². The number of hydrogen-bond acceptors (Lipinski definition) is 1. The maximum atomic E-state index is 13.4. The molecule has 0 spiro atoms. The van der Waals surface area contributed by atoms with Gasteiger partial charge < -0.3 is 0 Å². The molecule has 0 aromatic carbocycles. The predicted molar refractivity (Wildman–Crippen MR) is 173 cm³/mol. The highest BCUT2D eigenvalue weighted by atomic mass is 31.2. The summed E-state index contributed by atoms with van der Waals surface area (Å²) in [6, 6.07) is 0.0178. The fourth-order valence-electron chi connectivity index (χ4n) is 6.92. The van der Waals surface area contributed by atoms with Crippen LogP contribution in [0.5, 0.6) is 0 Å². The van der Waals surface area contributed by atoms with Crippen LogP contribution in [0, 0.1) is 11.8 Å². The standard InChI is InChI=1S/C34H70NO3P/c1-8-13-14-15-16-17-18-19-20-21-22-23-24-25-26-27-28-29-30-35(39(36,37)38,33(11-4)31(6)9-2)34(12-5)32(7)10-3/h19-20,31-34H,8-18,21-30H2,1-7H3,(H-,36,37,38)/p+1/b20-19-. The summed E-state index contributed by atoms with van der Waals surface area (Å²) < 4.78 is 13.4. The normalized spacial score (nSPS) is 17.3. The molecule has 0 saturated carbocycles. The summed E-state index contributed by atoms with van der Waals surface area (Å²) in [5.41, 5.74) is 0. The molecule has 0 bridgehead atoms. The minimum Gasteiger partial charge on any atom is -0.279 e. The van der Waals surface area contributed by atoms with Gasteiger partial charge in [-0.25, -0.2) is 8.82 Å². The summed E-state index contributed by atoms with van der Waals surface area (Å²) >= 11 is 0. The summed E-state index contributed by atoms with van der Waals surface area (Å²) in [7, 11) is -4.35. The highest BCUT2D eigenvalue weighted by Crippen LogP contribution is 2.57. The Morgan fingerprint density at radius 2 is 0.923 bits per heavy atom. The molecule has 0 amide bonds. The van der Waals surface area contributed by atoms with E-state index >= 15 is 0 Å². The molecule has 0 aliphatic carbocycles. The third-order valence-electron chi connectivity index (χ3n) is 9.60. The van der Waals surface area contributed by atoms with E-state index in [-0.39, 0.29) is 16.3 Å². The van der Waals surface area contributed by atoms with Crippen LogP contribution in [0.15, 0.2) is 12.2 Å². The van der Waals surface area contributed by atoms with E-state index in [1.807, 2.05) is 0 Å². The fraction of sp³-hybridized carbons (Fsp3) is 0.941. The van der Waals surface area contributed by atoms with E-state index in [2.05, 4.69) is 60.6 Å². The topological polar surface area (TPSA) is 57.5 Å². The number of quaternary nitrogens is 1. The number of nitrogens with zero attached hydrogens (tertiary/aromatic N) is 1. The molecule has 4 unspecified atom stereocenters. The number of rotatable bonds is 27. The first-order valence-corrected chi connectivity index (χ1v) is 18.8. The highest BCUT2D eigenvalue weighted by molar-refractivity contribution is 7.45. The molecule has 0 saturated heterocycles. The molecule has 0 rings (SSSR count). The Bertz CT molecular complexity index is 614. The Balaban J connectivity index is 4.57. The van der Waals surface area contributed by atoms with E-state index in [4.69, 9.17) is 0 Å². The van der Waals surface area contributed by atoms with Gasteiger partial charge >= 0.3 is 7.75 Å². The number of hydrogen-bond donors (Lipinski definition) is 2. The number of allylic oxidation sites excluding steroid dienone is 2. The average Bonchev–Trinajstić information content (AvgIpc) is 2.91. The molecule has 4 atom stereocenters. The summed E-state index contributed by atoms with van der Waals surface area (Å²) in [5, 5.41) is 0. The lowest BCUT2D eigenvalue weighted by Gasteiger charge is -2.52. The van der Waals surface area contributed by atoms with E-state index in [0.717, 1.165) is 38.5 Å². The van der Waals surface area contributed by atoms with Crippen molar-refractivity contribution >= 4 is 7.75 Å². The second-order valence-corrected chi connectivity index (χ2v) is 14.3. The van der Waals surface area contributed by atoms with Crippen molar-refractivity contribution in [3.8, 4) is 0 Å². The Labute approximate surface area is 245 Å². The zero-order valence-corrected chi connectivity index (χ0v) is 28.4. The van der Waals surface area contributed by atoms with Gasteiger partial charge in [0.1, 0.15) is 0 Å². The molecule has 0 aliphatic rings. The first-order valence-electron chi connectivity index (χ1n) is 17.3. The van der Waals surface area contributed by atoms with Crippen LogP contribution in [0.2, 0.25) is 0 Å². The lowest BCUT2D eigenvalue weighted by molar-refractivity contribution is -0.883. The fourth-order valence-corrected chi connectivity index (χ4v) is 8.88. The zero-order chi connectivity index (χ0) is 29.6. The summed E-state index contributed by atoms with van der Waals surface area (Å²) in [6.45, 7) is 15.9. The van der Waals surface area contributed by atoms with Crippen molar-refractivity contribution in [3.63, 3.8) is 0 Å². The van der Waals surface area contributed by atoms with Crippen molar-refractivity contribution in [2.75, 3.05) is 6.54 Å². The second kappa shape index (κ2) is 23.4. The van der Waals surface area contributed by atoms with Crippen molar-refractivity contribution < 1.29 is 18.6 Å². The summed E-state index contributed by atoms with van der Waals surface area (Å²) in [4.78, 5) is 21.9. The maximum Gasteiger partial charge on any atom is 0.526 e. The Kier molecular flexibility index (Phi) is 23.3. The molecule has 0 aromatic rings. The molecule has 0 radical (unpaired) electrons. The van der Waals surface area contributed by atoms with Gasteiger partial charge in [0.25, 0.3) is 0 Å². The lowest BCUT2D eigenvalue weighted by Crippen LogP contribution is -2.62. The van der Waals surface area contributed by atoms with Gasteiger partial charge in [-0.2, -0.15) is 0 Å². The van der Waals surface area contributed by atoms with Crippen LogP contribution < -0.4 is 0 Å². The molecule has 5 heteroatoms. The summed E-state index contributed by atoms with van der Waals surface area (Å²) in [5.74, 6) is 0.595. The zero-order valence-electron chi connectivity index (χ0n) is 27.5. The summed E-state index contributed by atoms with van der Waals surface area (Å²) in [6.07, 6.45) is 28.7. The molecule has 0 aliphatic heterocycles. The van der Waals surface area contributed by atoms with Gasteiger partial charge in [-0.15, -0.1) is 0 Å². The van der Waals surface area contributed by atoms with Crippen LogP contribution in [0.1, 0.15) is 177 Å². The van der Waals surface area contributed by atoms with Gasteiger partial charge in [0.15, 0.2) is 0 Å². The molecule has 39 heavy (non-hydrogen) atoms. The van der Waals surface area contributed by atoms with Gasteiger partial charge in [0.2, 0.25) is 0 Å². The van der Waals surface area contributed by atoms with Crippen LogP contribution >= 0.6 is 7.75 Å². The second-order valence-electron chi connectivity index (χ2n) is 12.5. The van der Waals surface area contributed by atoms with Crippen LogP contribution in [0.4, 0.5) is 0 Å². The van der Waals surface area contributed by atoms with Crippen molar-refractivity contribution in [2.24, 2.45) is 11.8 Å². The van der Waals surface area contributed by atoms with Crippen molar-refractivity contribution in [1.82, 2.24) is 0 Å². The molecule has 0 fully saturated rings. The first-order chi connectivity index (χ1) is 18.7. The lowest BCUT2D eigenvalue weighted by atomic mass is 9.88. The molecule has 2 N–H and O–H groups in total. The van der Waals surface area contributed by atoms with Gasteiger partial charge in [-0.05, 0) is 64.2 Å². The monoisotopic (exact) mass is 573 g/mol. The van der Waals surface area contributed by atoms with Crippen molar-refractivity contribution in [2.45, 2.75) is 189 Å². The maximum absolute atomic E-state index is 13.4. The quantitative estimate of drug-likeness (QED) is 0.0584. The van der Waals surface area contributed by atoms with Crippen LogP contribution in [0.25, 0.3) is 0 Å². The molecule has 0 heterocycles. The minimum atomic E-state index is -4.35. The average molecular weight is 573 g/mol. The predicted octanol–water partition coefficient (Wildman–Crippen LogP) is 11.4. The van der Waals surface area contributed by atoms with Gasteiger partial charge in [0, 0.05) is 11.8 Å². The van der Waals surface area contributed by atoms with Crippen LogP contribution in [-0.2, 0) is 4.57 Å². The molecule has 4 nitrogen and oxygen atoms in total. The Hall–Kier alpha value is -0.150. The van der Waals surface area contributed by atoms with E-state index in [1.165, 1.54) is 89.9 Å².